The van der Waals surface area contributed by atoms with Crippen LogP contribution in [0.15, 0.2) is 15.8 Å². The van der Waals surface area contributed by atoms with Gasteiger partial charge < -0.3 is 9.88 Å². The molecule has 1 aromatic heterocycles. The van der Waals surface area contributed by atoms with E-state index in [9.17, 15) is 9.59 Å². The molecular formula is C6H9N3O2. The normalized spacial score (nSPS) is 9.64. The van der Waals surface area contributed by atoms with Crippen molar-refractivity contribution in [3.63, 3.8) is 0 Å². The van der Waals surface area contributed by atoms with Gasteiger partial charge in [0.2, 0.25) is 0 Å². The van der Waals surface area contributed by atoms with Crippen LogP contribution in [0.1, 0.15) is 0 Å². The highest BCUT2D eigenvalue weighted by Gasteiger charge is 1.99. The molecule has 5 nitrogen and oxygen atoms in total. The van der Waals surface area contributed by atoms with E-state index in [-0.39, 0.29) is 5.56 Å². The summed E-state index contributed by atoms with van der Waals surface area (Å²) in [5.74, 6) is 0. The largest absolute Gasteiger partial charge is 0.372 e. The first kappa shape index (κ1) is 7.59. The highest BCUT2D eigenvalue weighted by Crippen LogP contribution is 1.95. The number of aromatic amines is 2. The molecule has 11 heavy (non-hydrogen) atoms. The maximum Gasteiger partial charge on any atom is 0.325 e. The second-order valence-electron chi connectivity index (χ2n) is 2.35. The minimum Gasteiger partial charge on any atom is -0.372 e. The van der Waals surface area contributed by atoms with Crippen molar-refractivity contribution >= 4 is 5.69 Å². The van der Waals surface area contributed by atoms with E-state index in [1.165, 1.54) is 6.20 Å². The third-order valence-corrected chi connectivity index (χ3v) is 1.28. The summed E-state index contributed by atoms with van der Waals surface area (Å²) >= 11 is 0. The van der Waals surface area contributed by atoms with Gasteiger partial charge in [-0.3, -0.25) is 9.78 Å². The fourth-order valence-electron chi connectivity index (χ4n) is 0.735. The molecule has 60 valence electrons. The zero-order chi connectivity index (χ0) is 8.43. The van der Waals surface area contributed by atoms with Crippen LogP contribution in [-0.4, -0.2) is 24.1 Å². The molecule has 2 N–H and O–H groups in total. The molecule has 0 spiro atoms. The van der Waals surface area contributed by atoms with E-state index in [0.29, 0.717) is 5.69 Å². The van der Waals surface area contributed by atoms with Crippen LogP contribution < -0.4 is 16.1 Å². The first-order valence-corrected chi connectivity index (χ1v) is 3.10. The molecule has 0 unspecified atom stereocenters. The lowest BCUT2D eigenvalue weighted by Crippen LogP contribution is -2.27. The van der Waals surface area contributed by atoms with E-state index in [0.717, 1.165) is 0 Å². The summed E-state index contributed by atoms with van der Waals surface area (Å²) in [5.41, 5.74) is -0.427. The van der Waals surface area contributed by atoms with Crippen molar-refractivity contribution in [1.29, 1.82) is 0 Å². The summed E-state index contributed by atoms with van der Waals surface area (Å²) in [6.45, 7) is 0. The Balaban J connectivity index is 3.32. The quantitative estimate of drug-likeness (QED) is 0.554. The first-order chi connectivity index (χ1) is 5.11. The smallest absolute Gasteiger partial charge is 0.325 e. The summed E-state index contributed by atoms with van der Waals surface area (Å²) in [7, 11) is 3.45. The van der Waals surface area contributed by atoms with Crippen LogP contribution >= 0.6 is 0 Å². The molecule has 1 aromatic rings. The number of aromatic nitrogens is 2. The van der Waals surface area contributed by atoms with Gasteiger partial charge in [0.15, 0.2) is 0 Å². The van der Waals surface area contributed by atoms with Crippen molar-refractivity contribution in [2.24, 2.45) is 0 Å². The third-order valence-electron chi connectivity index (χ3n) is 1.28. The number of hydrogen-bond donors (Lipinski definition) is 2. The highest BCUT2D eigenvalue weighted by atomic mass is 16.2. The van der Waals surface area contributed by atoms with Gasteiger partial charge in [-0.25, -0.2) is 4.79 Å². The molecule has 0 radical (unpaired) electrons. The summed E-state index contributed by atoms with van der Waals surface area (Å²) in [6, 6.07) is 0. The molecule has 0 aliphatic rings. The minimum atomic E-state index is -0.486. The predicted molar refractivity (Wildman–Crippen MR) is 42.0 cm³/mol. The molecule has 0 saturated heterocycles. The van der Waals surface area contributed by atoms with Crippen LogP contribution in [0.3, 0.4) is 0 Å². The fourth-order valence-corrected chi connectivity index (χ4v) is 0.735. The van der Waals surface area contributed by atoms with Crippen molar-refractivity contribution in [2.45, 2.75) is 0 Å². The Kier molecular flexibility index (Phi) is 1.80. The maximum atomic E-state index is 11.0. The molecule has 0 amide bonds. The van der Waals surface area contributed by atoms with Gasteiger partial charge in [0.25, 0.3) is 5.56 Å². The van der Waals surface area contributed by atoms with Gasteiger partial charge in [0, 0.05) is 20.3 Å². The summed E-state index contributed by atoms with van der Waals surface area (Å²) in [6.07, 6.45) is 1.38. The number of nitrogens with zero attached hydrogens (tertiary/aromatic N) is 1. The monoisotopic (exact) mass is 155 g/mol. The van der Waals surface area contributed by atoms with Crippen molar-refractivity contribution < 1.29 is 0 Å². The average Bonchev–Trinajstić information content (AvgIpc) is 1.85. The number of nitrogens with one attached hydrogen (secondary N) is 2. The number of hydrogen-bond acceptors (Lipinski definition) is 3. The van der Waals surface area contributed by atoms with Crippen molar-refractivity contribution in [3.05, 3.63) is 27.0 Å². The molecule has 5 heteroatoms. The molecule has 0 fully saturated rings. The Hall–Kier alpha value is -1.52. The maximum absolute atomic E-state index is 11.0. The van der Waals surface area contributed by atoms with Gasteiger partial charge in [-0.05, 0) is 0 Å². The number of anilines is 1. The molecular weight excluding hydrogens is 146 g/mol. The van der Waals surface area contributed by atoms with E-state index in [1.807, 2.05) is 0 Å². The fraction of sp³-hybridized carbons (Fsp3) is 0.333. The van der Waals surface area contributed by atoms with Crippen LogP contribution in [0.2, 0.25) is 0 Å². The Morgan fingerprint density at radius 2 is 2.00 bits per heavy atom. The van der Waals surface area contributed by atoms with E-state index >= 15 is 0 Å². The molecule has 1 rings (SSSR count). The van der Waals surface area contributed by atoms with Gasteiger partial charge in [0.05, 0.1) is 0 Å². The lowest BCUT2D eigenvalue weighted by molar-refractivity contribution is 0.991. The van der Waals surface area contributed by atoms with E-state index in [4.69, 9.17) is 0 Å². The topological polar surface area (TPSA) is 69.0 Å². The first-order valence-electron chi connectivity index (χ1n) is 3.10. The summed E-state index contributed by atoms with van der Waals surface area (Å²) in [4.78, 5) is 27.6. The Morgan fingerprint density at radius 1 is 1.36 bits per heavy atom. The highest BCUT2D eigenvalue weighted by molar-refractivity contribution is 5.38. The van der Waals surface area contributed by atoms with Crippen LogP contribution in [0.25, 0.3) is 0 Å². The van der Waals surface area contributed by atoms with Crippen molar-refractivity contribution in [1.82, 2.24) is 9.97 Å². The van der Waals surface area contributed by atoms with Crippen LogP contribution in [0.4, 0.5) is 5.69 Å². The summed E-state index contributed by atoms with van der Waals surface area (Å²) in [5, 5.41) is 0. The molecule has 0 aliphatic carbocycles. The molecule has 0 aromatic carbocycles. The van der Waals surface area contributed by atoms with Gasteiger partial charge >= 0.3 is 5.69 Å². The number of rotatable bonds is 1. The zero-order valence-electron chi connectivity index (χ0n) is 6.34. The minimum absolute atomic E-state index is 0.376. The van der Waals surface area contributed by atoms with Crippen molar-refractivity contribution in [3.8, 4) is 0 Å². The second kappa shape index (κ2) is 2.61. The molecule has 0 atom stereocenters. The van der Waals surface area contributed by atoms with Gasteiger partial charge in [-0.2, -0.15) is 0 Å². The van der Waals surface area contributed by atoms with Crippen LogP contribution in [-0.2, 0) is 0 Å². The van der Waals surface area contributed by atoms with Crippen LogP contribution in [0.5, 0.6) is 0 Å². The zero-order valence-corrected chi connectivity index (χ0v) is 6.34. The standard InChI is InChI=1S/C6H9N3O2/c1-9(2)4-3-7-6(11)8-5(4)10/h3H,1-2H3,(H2,7,8,10,11). The average molecular weight is 155 g/mol. The lowest BCUT2D eigenvalue weighted by atomic mass is 10.5. The molecule has 0 saturated carbocycles. The van der Waals surface area contributed by atoms with E-state index < -0.39 is 5.69 Å². The molecule has 0 aliphatic heterocycles. The van der Waals surface area contributed by atoms with Gasteiger partial charge in [0.1, 0.15) is 5.69 Å². The Bertz CT molecular complexity index is 349. The van der Waals surface area contributed by atoms with E-state index in [2.05, 4.69) is 9.97 Å². The SMILES string of the molecule is CN(C)c1c[nH]c(=O)[nH]c1=O. The van der Waals surface area contributed by atoms with Crippen molar-refractivity contribution in [2.75, 3.05) is 19.0 Å². The van der Waals surface area contributed by atoms with E-state index in [1.54, 1.807) is 19.0 Å². The summed E-state index contributed by atoms with van der Waals surface area (Å²) < 4.78 is 0. The van der Waals surface area contributed by atoms with Gasteiger partial charge in [-0.1, -0.05) is 0 Å². The molecule has 1 heterocycles. The second-order valence-corrected chi connectivity index (χ2v) is 2.35. The Morgan fingerprint density at radius 3 is 2.45 bits per heavy atom. The lowest BCUT2D eigenvalue weighted by Gasteiger charge is -2.08. The van der Waals surface area contributed by atoms with Gasteiger partial charge in [-0.15, -0.1) is 0 Å². The predicted octanol–water partition coefficient (Wildman–Crippen LogP) is -0.871. The van der Waals surface area contributed by atoms with Crippen LogP contribution in [0, 0.1) is 0 Å². The third kappa shape index (κ3) is 1.49. The molecule has 0 bridgehead atoms. The number of H-pyrrole nitrogens is 2. The Labute approximate surface area is 62.7 Å².